The van der Waals surface area contributed by atoms with E-state index in [9.17, 15) is 9.59 Å². The topological polar surface area (TPSA) is 61.4 Å². The molecule has 3 aromatic carbocycles. The normalized spacial score (nSPS) is 11.6. The van der Waals surface area contributed by atoms with Gasteiger partial charge in [-0.05, 0) is 62.0 Å². The van der Waals surface area contributed by atoms with E-state index in [4.69, 9.17) is 0 Å². The molecular weight excluding hydrogens is 418 g/mol. The molecule has 0 saturated heterocycles. The molecule has 0 saturated carbocycles. The van der Waals surface area contributed by atoms with Crippen LogP contribution in [0.1, 0.15) is 25.0 Å². The zero-order chi connectivity index (χ0) is 22.9. The number of para-hydroxylation sites is 1. The highest BCUT2D eigenvalue weighted by Crippen LogP contribution is 2.20. The maximum atomic E-state index is 13.6. The van der Waals surface area contributed by atoms with E-state index in [1.54, 1.807) is 4.90 Å². The zero-order valence-corrected chi connectivity index (χ0v) is 19.4. The Hall–Kier alpha value is -3.25. The van der Waals surface area contributed by atoms with E-state index in [1.165, 1.54) is 11.9 Å². The van der Waals surface area contributed by atoms with Crippen molar-refractivity contribution >= 4 is 29.6 Å². The van der Waals surface area contributed by atoms with Crippen molar-refractivity contribution in [2.45, 2.75) is 44.2 Å². The molecule has 0 spiro atoms. The molecule has 5 nitrogen and oxygen atoms in total. The van der Waals surface area contributed by atoms with Crippen molar-refractivity contribution in [3.05, 3.63) is 96.1 Å². The molecule has 0 radical (unpaired) electrons. The van der Waals surface area contributed by atoms with Gasteiger partial charge in [0.15, 0.2) is 0 Å². The average Bonchev–Trinajstić information content (AvgIpc) is 2.79. The average molecular weight is 448 g/mol. The maximum Gasteiger partial charge on any atom is 0.325 e. The Labute approximate surface area is 194 Å². The first-order valence-electron chi connectivity index (χ1n) is 10.7. The summed E-state index contributed by atoms with van der Waals surface area (Å²) < 4.78 is 2.81. The number of nitrogens with zero attached hydrogens (tertiary/aromatic N) is 1. The van der Waals surface area contributed by atoms with Crippen molar-refractivity contribution in [3.8, 4) is 0 Å². The molecule has 3 aromatic rings. The quantitative estimate of drug-likeness (QED) is 0.457. The third-order valence-corrected chi connectivity index (χ3v) is 5.99. The molecular formula is C26H29N3O2S. The molecule has 0 heterocycles. The second-order valence-electron chi connectivity index (χ2n) is 7.82. The Morgan fingerprint density at radius 1 is 0.875 bits per heavy atom. The van der Waals surface area contributed by atoms with Crippen LogP contribution in [0.3, 0.4) is 0 Å². The predicted octanol–water partition coefficient (Wildman–Crippen LogP) is 5.35. The van der Waals surface area contributed by atoms with Crippen LogP contribution in [0, 0.1) is 6.92 Å². The van der Waals surface area contributed by atoms with Crippen LogP contribution in [0.4, 0.5) is 10.5 Å². The summed E-state index contributed by atoms with van der Waals surface area (Å²) in [4.78, 5) is 29.1. The second kappa shape index (κ2) is 11.4. The highest BCUT2D eigenvalue weighted by Gasteiger charge is 2.29. The molecule has 0 aromatic heterocycles. The van der Waals surface area contributed by atoms with Crippen molar-refractivity contribution in [3.63, 3.8) is 0 Å². The van der Waals surface area contributed by atoms with Gasteiger partial charge in [-0.15, -0.1) is 0 Å². The molecule has 166 valence electrons. The fourth-order valence-electron chi connectivity index (χ4n) is 3.45. The molecule has 2 N–H and O–H groups in total. The number of carbonyl (C=O) groups is 2. The number of benzene rings is 3. The lowest BCUT2D eigenvalue weighted by molar-refractivity contribution is -0.120. The standard InChI is InChI=1S/C26H29N3O2S/c1-19(2)29(22-15-8-5-9-16-22)25(30)23(18-21-13-6-4-7-14-21)27-26(31)28-32-24-17-11-10-12-20(24)3/h4-17,19,23H,18H2,1-3H3,(H2,27,28,31). The highest BCUT2D eigenvalue weighted by atomic mass is 32.2. The molecule has 0 bridgehead atoms. The lowest BCUT2D eigenvalue weighted by Crippen LogP contribution is -2.53. The van der Waals surface area contributed by atoms with Gasteiger partial charge in [0.2, 0.25) is 5.91 Å². The Morgan fingerprint density at radius 3 is 2.09 bits per heavy atom. The van der Waals surface area contributed by atoms with Gasteiger partial charge in [-0.1, -0.05) is 66.7 Å². The number of carbonyl (C=O) groups excluding carboxylic acids is 2. The van der Waals surface area contributed by atoms with Crippen LogP contribution < -0.4 is 14.9 Å². The molecule has 1 unspecified atom stereocenters. The third kappa shape index (κ3) is 6.37. The van der Waals surface area contributed by atoms with Gasteiger partial charge in [-0.25, -0.2) is 4.79 Å². The highest BCUT2D eigenvalue weighted by molar-refractivity contribution is 7.98. The van der Waals surface area contributed by atoms with Crippen LogP contribution in [0.5, 0.6) is 0 Å². The first kappa shape index (κ1) is 23.4. The summed E-state index contributed by atoms with van der Waals surface area (Å²) in [5.41, 5.74) is 2.86. The molecule has 0 fully saturated rings. The number of aryl methyl sites for hydroxylation is 1. The van der Waals surface area contributed by atoms with Gasteiger partial charge in [-0.2, -0.15) is 0 Å². The van der Waals surface area contributed by atoms with E-state index >= 15 is 0 Å². The summed E-state index contributed by atoms with van der Waals surface area (Å²) in [5.74, 6) is -0.147. The number of hydrogen-bond donors (Lipinski definition) is 2. The van der Waals surface area contributed by atoms with Gasteiger partial charge < -0.3 is 10.2 Å². The fraction of sp³-hybridized carbons (Fsp3) is 0.231. The van der Waals surface area contributed by atoms with Crippen LogP contribution in [-0.2, 0) is 11.2 Å². The zero-order valence-electron chi connectivity index (χ0n) is 18.6. The van der Waals surface area contributed by atoms with E-state index in [0.29, 0.717) is 6.42 Å². The Kier molecular flexibility index (Phi) is 8.34. The van der Waals surface area contributed by atoms with Crippen molar-refractivity contribution in [1.29, 1.82) is 0 Å². The Bertz CT molecular complexity index is 1030. The number of rotatable bonds is 8. The molecule has 0 aliphatic rings. The summed E-state index contributed by atoms with van der Waals surface area (Å²) in [6.45, 7) is 5.93. The first-order valence-corrected chi connectivity index (χ1v) is 11.5. The molecule has 3 amide bonds. The van der Waals surface area contributed by atoms with E-state index in [2.05, 4.69) is 10.0 Å². The number of anilines is 1. The van der Waals surface area contributed by atoms with Gasteiger partial charge in [-0.3, -0.25) is 9.52 Å². The Morgan fingerprint density at radius 2 is 1.47 bits per heavy atom. The minimum atomic E-state index is -0.711. The fourth-order valence-corrected chi connectivity index (χ4v) is 4.08. The largest absolute Gasteiger partial charge is 0.325 e. The van der Waals surface area contributed by atoms with Crippen LogP contribution in [0.2, 0.25) is 0 Å². The number of nitrogens with one attached hydrogen (secondary N) is 2. The third-order valence-electron chi connectivity index (χ3n) is 5.02. The molecule has 32 heavy (non-hydrogen) atoms. The van der Waals surface area contributed by atoms with Crippen LogP contribution in [-0.4, -0.2) is 24.0 Å². The van der Waals surface area contributed by atoms with E-state index in [-0.39, 0.29) is 11.9 Å². The first-order chi connectivity index (χ1) is 15.5. The van der Waals surface area contributed by atoms with Crippen molar-refractivity contribution in [2.75, 3.05) is 4.90 Å². The molecule has 3 rings (SSSR count). The van der Waals surface area contributed by atoms with Gasteiger partial charge >= 0.3 is 6.03 Å². The molecule has 0 aliphatic heterocycles. The molecule has 0 aliphatic carbocycles. The van der Waals surface area contributed by atoms with Crippen molar-refractivity contribution in [1.82, 2.24) is 10.0 Å². The SMILES string of the molecule is Cc1ccccc1SNC(=O)NC(Cc1ccccc1)C(=O)N(c1ccccc1)C(C)C. The lowest BCUT2D eigenvalue weighted by Gasteiger charge is -2.31. The lowest BCUT2D eigenvalue weighted by atomic mass is 10.0. The second-order valence-corrected chi connectivity index (χ2v) is 8.67. The molecule has 6 heteroatoms. The number of amides is 3. The van der Waals surface area contributed by atoms with Crippen molar-refractivity contribution in [2.24, 2.45) is 0 Å². The van der Waals surface area contributed by atoms with Crippen LogP contribution >= 0.6 is 11.9 Å². The van der Waals surface area contributed by atoms with Gasteiger partial charge in [0, 0.05) is 23.0 Å². The maximum absolute atomic E-state index is 13.6. The minimum Gasteiger partial charge on any atom is -0.325 e. The summed E-state index contributed by atoms with van der Waals surface area (Å²) in [6.07, 6.45) is 0.401. The Balaban J connectivity index is 1.78. The van der Waals surface area contributed by atoms with Gasteiger partial charge in [0.05, 0.1) is 0 Å². The monoisotopic (exact) mass is 447 g/mol. The van der Waals surface area contributed by atoms with E-state index < -0.39 is 12.1 Å². The van der Waals surface area contributed by atoms with Crippen LogP contribution in [0.25, 0.3) is 0 Å². The van der Waals surface area contributed by atoms with Gasteiger partial charge in [0.1, 0.15) is 6.04 Å². The van der Waals surface area contributed by atoms with E-state index in [0.717, 1.165) is 21.7 Å². The summed E-state index contributed by atoms with van der Waals surface area (Å²) >= 11 is 1.24. The van der Waals surface area contributed by atoms with E-state index in [1.807, 2.05) is 106 Å². The minimum absolute atomic E-state index is 0.0608. The smallest absolute Gasteiger partial charge is 0.325 e. The van der Waals surface area contributed by atoms with Gasteiger partial charge in [0.25, 0.3) is 0 Å². The summed E-state index contributed by atoms with van der Waals surface area (Å²) in [5, 5.41) is 2.90. The van der Waals surface area contributed by atoms with Crippen molar-refractivity contribution < 1.29 is 9.59 Å². The molecule has 1 atom stereocenters. The van der Waals surface area contributed by atoms with Crippen LogP contribution in [0.15, 0.2) is 89.8 Å². The summed E-state index contributed by atoms with van der Waals surface area (Å²) in [6, 6.07) is 25.9. The summed E-state index contributed by atoms with van der Waals surface area (Å²) in [7, 11) is 0. The number of hydrogen-bond acceptors (Lipinski definition) is 3. The predicted molar refractivity (Wildman–Crippen MR) is 132 cm³/mol. The number of urea groups is 1.